The Labute approximate surface area is 161 Å². The van der Waals surface area contributed by atoms with Crippen LogP contribution < -0.4 is 16.5 Å². The third-order valence-corrected chi connectivity index (χ3v) is 5.25. The largest absolute Gasteiger partial charge is 0.318 e. The minimum Gasteiger partial charge on any atom is -0.303 e. The standard InChI is InChI=1S/C20H22N6O2/c1-13(14-8-4-3-5-9-14)23-24-20-21-12-16-17(22-20)26(15-10-6-7-11-15)19(28)18(27)25(16)2/h3-5,8-9,12,15H,6-7,10-11H2,1-2H3,(H,21,22,24)/b23-13+. The predicted molar refractivity (Wildman–Crippen MR) is 109 cm³/mol. The van der Waals surface area contributed by atoms with Crippen LogP contribution in [0.2, 0.25) is 0 Å². The number of anilines is 1. The van der Waals surface area contributed by atoms with Crippen molar-refractivity contribution in [1.29, 1.82) is 0 Å². The van der Waals surface area contributed by atoms with Crippen LogP contribution in [0, 0.1) is 0 Å². The molecule has 0 spiro atoms. The van der Waals surface area contributed by atoms with Crippen molar-refractivity contribution in [2.24, 2.45) is 12.1 Å². The van der Waals surface area contributed by atoms with Gasteiger partial charge in [-0.25, -0.2) is 10.4 Å². The zero-order chi connectivity index (χ0) is 19.7. The van der Waals surface area contributed by atoms with Crippen molar-refractivity contribution in [1.82, 2.24) is 19.1 Å². The Morgan fingerprint density at radius 2 is 1.86 bits per heavy atom. The molecule has 0 saturated heterocycles. The number of rotatable bonds is 4. The second-order valence-corrected chi connectivity index (χ2v) is 7.06. The monoisotopic (exact) mass is 378 g/mol. The lowest BCUT2D eigenvalue weighted by molar-refractivity contribution is 0.507. The summed E-state index contributed by atoms with van der Waals surface area (Å²) >= 11 is 0. The summed E-state index contributed by atoms with van der Waals surface area (Å²) in [6, 6.07) is 9.78. The van der Waals surface area contributed by atoms with Gasteiger partial charge in [-0.05, 0) is 25.3 Å². The highest BCUT2D eigenvalue weighted by molar-refractivity contribution is 5.98. The van der Waals surface area contributed by atoms with Crippen LogP contribution in [0.1, 0.15) is 44.2 Å². The summed E-state index contributed by atoms with van der Waals surface area (Å²) in [5.74, 6) is 0.285. The smallest absolute Gasteiger partial charge is 0.303 e. The van der Waals surface area contributed by atoms with Gasteiger partial charge in [0.05, 0.1) is 11.9 Å². The number of fused-ring (bicyclic) bond motifs is 1. The minimum absolute atomic E-state index is 0.00112. The molecule has 2 aromatic heterocycles. The zero-order valence-corrected chi connectivity index (χ0v) is 15.9. The number of hydrogen-bond donors (Lipinski definition) is 1. The molecular weight excluding hydrogens is 356 g/mol. The Balaban J connectivity index is 1.78. The molecule has 1 aliphatic carbocycles. The molecule has 28 heavy (non-hydrogen) atoms. The lowest BCUT2D eigenvalue weighted by atomic mass is 10.1. The van der Waals surface area contributed by atoms with Gasteiger partial charge in [0.1, 0.15) is 5.52 Å². The maximum atomic E-state index is 12.7. The summed E-state index contributed by atoms with van der Waals surface area (Å²) in [7, 11) is 1.57. The third-order valence-electron chi connectivity index (χ3n) is 5.25. The molecule has 144 valence electrons. The summed E-state index contributed by atoms with van der Waals surface area (Å²) in [4.78, 5) is 33.8. The predicted octanol–water partition coefficient (Wildman–Crippen LogP) is 2.44. The summed E-state index contributed by atoms with van der Waals surface area (Å²) in [5.41, 5.74) is 4.56. The van der Waals surface area contributed by atoms with Gasteiger partial charge in [0.25, 0.3) is 0 Å². The SMILES string of the molecule is C/C(=N\Nc1ncc2c(n1)n(C1CCCC1)c(=O)c(=O)n2C)c1ccccc1. The van der Waals surface area contributed by atoms with Crippen LogP contribution in [0.15, 0.2) is 51.2 Å². The van der Waals surface area contributed by atoms with Gasteiger partial charge in [-0.1, -0.05) is 43.2 Å². The van der Waals surface area contributed by atoms with Gasteiger partial charge in [-0.3, -0.25) is 14.2 Å². The second-order valence-electron chi connectivity index (χ2n) is 7.06. The second kappa shape index (κ2) is 7.38. The van der Waals surface area contributed by atoms with E-state index in [9.17, 15) is 9.59 Å². The fraction of sp³-hybridized carbons (Fsp3) is 0.350. The third kappa shape index (κ3) is 3.21. The van der Waals surface area contributed by atoms with Crippen LogP contribution in [0.3, 0.4) is 0 Å². The molecule has 1 saturated carbocycles. The molecule has 3 aromatic rings. The van der Waals surface area contributed by atoms with Gasteiger partial charge < -0.3 is 4.57 Å². The Kier molecular flexibility index (Phi) is 4.77. The highest BCUT2D eigenvalue weighted by atomic mass is 16.2. The summed E-state index contributed by atoms with van der Waals surface area (Å²) in [6.07, 6.45) is 5.40. The van der Waals surface area contributed by atoms with E-state index in [4.69, 9.17) is 0 Å². The van der Waals surface area contributed by atoms with E-state index in [-0.39, 0.29) is 12.0 Å². The molecule has 0 bridgehead atoms. The number of nitrogens with one attached hydrogen (secondary N) is 1. The van der Waals surface area contributed by atoms with E-state index in [1.165, 1.54) is 4.57 Å². The summed E-state index contributed by atoms with van der Waals surface area (Å²) in [5, 5.41) is 4.35. The maximum absolute atomic E-state index is 12.7. The molecule has 1 aromatic carbocycles. The van der Waals surface area contributed by atoms with Gasteiger partial charge in [-0.15, -0.1) is 0 Å². The zero-order valence-electron chi connectivity index (χ0n) is 15.9. The Hall–Kier alpha value is -3.29. The Morgan fingerprint density at radius 1 is 1.14 bits per heavy atom. The molecule has 1 N–H and O–H groups in total. The normalized spacial score (nSPS) is 15.3. The number of benzene rings is 1. The lowest BCUT2D eigenvalue weighted by Crippen LogP contribution is -2.42. The van der Waals surface area contributed by atoms with E-state index < -0.39 is 11.1 Å². The number of nitrogens with zero attached hydrogens (tertiary/aromatic N) is 5. The number of aryl methyl sites for hydroxylation is 1. The number of aromatic nitrogens is 4. The highest BCUT2D eigenvalue weighted by Gasteiger charge is 2.23. The van der Waals surface area contributed by atoms with Crippen molar-refractivity contribution in [3.05, 3.63) is 62.8 Å². The van der Waals surface area contributed by atoms with E-state index in [1.54, 1.807) is 17.8 Å². The van der Waals surface area contributed by atoms with Gasteiger partial charge in [-0.2, -0.15) is 10.1 Å². The molecule has 0 unspecified atom stereocenters. The molecule has 8 nitrogen and oxygen atoms in total. The van der Waals surface area contributed by atoms with Crippen LogP contribution in [-0.2, 0) is 7.05 Å². The molecule has 0 radical (unpaired) electrons. The van der Waals surface area contributed by atoms with E-state index in [0.29, 0.717) is 11.2 Å². The first-order valence-electron chi connectivity index (χ1n) is 9.40. The molecular formula is C20H22N6O2. The quantitative estimate of drug-likeness (QED) is 0.427. The van der Waals surface area contributed by atoms with E-state index >= 15 is 0 Å². The molecule has 1 aliphatic rings. The molecule has 0 atom stereocenters. The van der Waals surface area contributed by atoms with Crippen molar-refractivity contribution in [3.8, 4) is 0 Å². The van der Waals surface area contributed by atoms with Crippen molar-refractivity contribution in [2.75, 3.05) is 5.43 Å². The maximum Gasteiger partial charge on any atom is 0.318 e. The van der Waals surface area contributed by atoms with E-state index in [0.717, 1.165) is 37.0 Å². The molecule has 2 heterocycles. The summed E-state index contributed by atoms with van der Waals surface area (Å²) < 4.78 is 2.86. The minimum atomic E-state index is -0.554. The fourth-order valence-corrected chi connectivity index (χ4v) is 3.67. The van der Waals surface area contributed by atoms with E-state index in [2.05, 4.69) is 20.5 Å². The Morgan fingerprint density at radius 3 is 2.57 bits per heavy atom. The first kappa shape index (κ1) is 18.1. The van der Waals surface area contributed by atoms with Crippen molar-refractivity contribution in [3.63, 3.8) is 0 Å². The van der Waals surface area contributed by atoms with E-state index in [1.807, 2.05) is 37.3 Å². The molecule has 0 aliphatic heterocycles. The highest BCUT2D eigenvalue weighted by Crippen LogP contribution is 2.29. The molecule has 8 heteroatoms. The van der Waals surface area contributed by atoms with Crippen LogP contribution in [0.5, 0.6) is 0 Å². The number of hydrazone groups is 1. The van der Waals surface area contributed by atoms with Gasteiger partial charge >= 0.3 is 11.1 Å². The summed E-state index contributed by atoms with van der Waals surface area (Å²) in [6.45, 7) is 1.89. The molecule has 4 rings (SSSR count). The Bertz CT molecular complexity index is 1160. The van der Waals surface area contributed by atoms with Gasteiger partial charge in [0.2, 0.25) is 5.95 Å². The van der Waals surface area contributed by atoms with Crippen LogP contribution in [0.4, 0.5) is 5.95 Å². The van der Waals surface area contributed by atoms with Crippen molar-refractivity contribution >= 4 is 22.8 Å². The average molecular weight is 378 g/mol. The van der Waals surface area contributed by atoms with Crippen LogP contribution in [0.25, 0.3) is 11.2 Å². The first-order valence-corrected chi connectivity index (χ1v) is 9.40. The van der Waals surface area contributed by atoms with Gasteiger partial charge in [0.15, 0.2) is 5.65 Å². The average Bonchev–Trinajstić information content (AvgIpc) is 3.25. The van der Waals surface area contributed by atoms with Crippen LogP contribution in [-0.4, -0.2) is 24.8 Å². The topological polar surface area (TPSA) is 94.2 Å². The molecule has 0 amide bonds. The first-order chi connectivity index (χ1) is 13.6. The van der Waals surface area contributed by atoms with Crippen molar-refractivity contribution in [2.45, 2.75) is 38.6 Å². The molecule has 1 fully saturated rings. The lowest BCUT2D eigenvalue weighted by Gasteiger charge is -2.17. The fourth-order valence-electron chi connectivity index (χ4n) is 3.67. The van der Waals surface area contributed by atoms with Crippen LogP contribution >= 0.6 is 0 Å². The van der Waals surface area contributed by atoms with Gasteiger partial charge in [0, 0.05) is 13.1 Å². The number of hydrogen-bond acceptors (Lipinski definition) is 6. The van der Waals surface area contributed by atoms with Crippen molar-refractivity contribution < 1.29 is 0 Å².